The van der Waals surface area contributed by atoms with E-state index in [1.807, 2.05) is 13.0 Å². The molecule has 1 atom stereocenters. The average molecular weight is 284 g/mol. The Kier molecular flexibility index (Phi) is 4.63. The van der Waals surface area contributed by atoms with Crippen molar-refractivity contribution in [1.29, 1.82) is 5.26 Å². The Hall–Kier alpha value is -1.21. The Morgan fingerprint density at radius 2 is 2.31 bits per heavy atom. The molecule has 0 saturated carbocycles. The summed E-state index contributed by atoms with van der Waals surface area (Å²) in [6.45, 7) is 1.86. The number of carbonyl (C=O) groups excluding carboxylic acids is 1. The van der Waals surface area contributed by atoms with Crippen LogP contribution in [-0.2, 0) is 0 Å². The first-order valence-corrected chi connectivity index (χ1v) is 5.75. The van der Waals surface area contributed by atoms with Gasteiger partial charge in [0.1, 0.15) is 5.82 Å². The van der Waals surface area contributed by atoms with Gasteiger partial charge in [0, 0.05) is 17.9 Å². The van der Waals surface area contributed by atoms with Crippen LogP contribution in [0.25, 0.3) is 0 Å². The summed E-state index contributed by atoms with van der Waals surface area (Å²) in [5.74, 6) is -0.808. The molecule has 2 nitrogen and oxygen atoms in total. The molecule has 0 aromatic heterocycles. The van der Waals surface area contributed by atoms with Crippen molar-refractivity contribution in [3.63, 3.8) is 0 Å². The van der Waals surface area contributed by atoms with Gasteiger partial charge in [-0.15, -0.1) is 0 Å². The molecule has 0 spiro atoms. The van der Waals surface area contributed by atoms with E-state index in [9.17, 15) is 9.18 Å². The standard InChI is InChI=1S/C12H11BrFNO/c1-2-8(5-6-15)12(16)9-3-4-11(14)10(13)7-9/h3-4,7-8H,2,5H2,1H3. The maximum Gasteiger partial charge on any atom is 0.167 e. The lowest BCUT2D eigenvalue weighted by Crippen LogP contribution is -2.13. The second kappa shape index (κ2) is 5.76. The molecule has 0 aliphatic rings. The summed E-state index contributed by atoms with van der Waals surface area (Å²) in [4.78, 5) is 11.9. The van der Waals surface area contributed by atoms with Crippen LogP contribution in [0.3, 0.4) is 0 Å². The molecule has 0 aliphatic carbocycles. The fourth-order valence-corrected chi connectivity index (χ4v) is 1.80. The van der Waals surface area contributed by atoms with Gasteiger partial charge < -0.3 is 0 Å². The number of nitrogens with zero attached hydrogens (tertiary/aromatic N) is 1. The molecule has 0 N–H and O–H groups in total. The van der Waals surface area contributed by atoms with Crippen LogP contribution in [-0.4, -0.2) is 5.78 Å². The van der Waals surface area contributed by atoms with Crippen LogP contribution in [0.4, 0.5) is 4.39 Å². The van der Waals surface area contributed by atoms with Gasteiger partial charge in [-0.05, 0) is 40.5 Å². The third kappa shape index (κ3) is 2.89. The predicted octanol–water partition coefficient (Wildman–Crippen LogP) is 3.71. The van der Waals surface area contributed by atoms with Crippen molar-refractivity contribution >= 4 is 21.7 Å². The van der Waals surface area contributed by atoms with Gasteiger partial charge in [-0.2, -0.15) is 5.26 Å². The molecule has 0 radical (unpaired) electrons. The summed E-state index contributed by atoms with van der Waals surface area (Å²) in [5, 5.41) is 8.59. The van der Waals surface area contributed by atoms with Crippen molar-refractivity contribution in [2.45, 2.75) is 19.8 Å². The Morgan fingerprint density at radius 3 is 2.81 bits per heavy atom. The zero-order valence-electron chi connectivity index (χ0n) is 8.84. The van der Waals surface area contributed by atoms with Crippen molar-refractivity contribution in [3.8, 4) is 6.07 Å². The van der Waals surface area contributed by atoms with Crippen LogP contribution in [0.1, 0.15) is 30.1 Å². The van der Waals surface area contributed by atoms with Crippen LogP contribution in [0.2, 0.25) is 0 Å². The number of rotatable bonds is 4. The largest absolute Gasteiger partial charge is 0.294 e. The summed E-state index contributed by atoms with van der Waals surface area (Å²) in [7, 11) is 0. The summed E-state index contributed by atoms with van der Waals surface area (Å²) in [5.41, 5.74) is 0.440. The van der Waals surface area contributed by atoms with Crippen LogP contribution >= 0.6 is 15.9 Å². The minimum Gasteiger partial charge on any atom is -0.294 e. The van der Waals surface area contributed by atoms with Gasteiger partial charge in [0.25, 0.3) is 0 Å². The van der Waals surface area contributed by atoms with Gasteiger partial charge in [0.2, 0.25) is 0 Å². The quantitative estimate of drug-likeness (QED) is 0.791. The third-order valence-corrected chi connectivity index (χ3v) is 3.01. The van der Waals surface area contributed by atoms with E-state index in [4.69, 9.17) is 5.26 Å². The second-order valence-corrected chi connectivity index (χ2v) is 4.31. The molecule has 0 saturated heterocycles. The molecular weight excluding hydrogens is 273 g/mol. The van der Waals surface area contributed by atoms with Gasteiger partial charge in [0.05, 0.1) is 10.5 Å². The molecular formula is C12H11BrFNO. The smallest absolute Gasteiger partial charge is 0.167 e. The van der Waals surface area contributed by atoms with Crippen molar-refractivity contribution in [3.05, 3.63) is 34.1 Å². The fourth-order valence-electron chi connectivity index (χ4n) is 1.42. The van der Waals surface area contributed by atoms with Gasteiger partial charge >= 0.3 is 0 Å². The van der Waals surface area contributed by atoms with E-state index in [2.05, 4.69) is 15.9 Å². The highest BCUT2D eigenvalue weighted by atomic mass is 79.9. The number of carbonyl (C=O) groups is 1. The Labute approximate surface area is 102 Å². The summed E-state index contributed by atoms with van der Waals surface area (Å²) < 4.78 is 13.3. The number of nitriles is 1. The van der Waals surface area contributed by atoms with E-state index in [0.717, 1.165) is 0 Å². The number of benzene rings is 1. The fraction of sp³-hybridized carbons (Fsp3) is 0.333. The molecule has 1 aromatic rings. The maximum absolute atomic E-state index is 13.0. The molecule has 4 heteroatoms. The highest BCUT2D eigenvalue weighted by Crippen LogP contribution is 2.21. The van der Waals surface area contributed by atoms with E-state index in [1.54, 1.807) is 0 Å². The summed E-state index contributed by atoms with van der Waals surface area (Å²) in [6.07, 6.45) is 0.811. The topological polar surface area (TPSA) is 40.9 Å². The minimum atomic E-state index is -0.398. The number of ketones is 1. The van der Waals surface area contributed by atoms with Crippen LogP contribution in [0.15, 0.2) is 22.7 Å². The van der Waals surface area contributed by atoms with Crippen LogP contribution in [0.5, 0.6) is 0 Å². The highest BCUT2D eigenvalue weighted by molar-refractivity contribution is 9.10. The number of hydrogen-bond acceptors (Lipinski definition) is 2. The monoisotopic (exact) mass is 283 g/mol. The molecule has 1 rings (SSSR count). The molecule has 84 valence electrons. The lowest BCUT2D eigenvalue weighted by molar-refractivity contribution is 0.0918. The maximum atomic E-state index is 13.0. The van der Waals surface area contributed by atoms with Crippen molar-refractivity contribution < 1.29 is 9.18 Å². The molecule has 0 bridgehead atoms. The lowest BCUT2D eigenvalue weighted by Gasteiger charge is -2.09. The van der Waals surface area contributed by atoms with E-state index in [-0.39, 0.29) is 22.6 Å². The van der Waals surface area contributed by atoms with E-state index in [1.165, 1.54) is 18.2 Å². The first-order valence-electron chi connectivity index (χ1n) is 4.96. The highest BCUT2D eigenvalue weighted by Gasteiger charge is 2.18. The zero-order valence-corrected chi connectivity index (χ0v) is 10.4. The predicted molar refractivity (Wildman–Crippen MR) is 62.4 cm³/mol. The van der Waals surface area contributed by atoms with Crippen molar-refractivity contribution in [2.24, 2.45) is 5.92 Å². The van der Waals surface area contributed by atoms with E-state index >= 15 is 0 Å². The van der Waals surface area contributed by atoms with Gasteiger partial charge in [0.15, 0.2) is 5.78 Å². The van der Waals surface area contributed by atoms with Crippen LogP contribution < -0.4 is 0 Å². The number of hydrogen-bond donors (Lipinski definition) is 0. The van der Waals surface area contributed by atoms with E-state index < -0.39 is 5.82 Å². The lowest BCUT2D eigenvalue weighted by atomic mass is 9.93. The van der Waals surface area contributed by atoms with Gasteiger partial charge in [-0.3, -0.25) is 4.79 Å². The Morgan fingerprint density at radius 1 is 1.62 bits per heavy atom. The first kappa shape index (κ1) is 12.9. The number of halogens is 2. The SMILES string of the molecule is CCC(CC#N)C(=O)c1ccc(F)c(Br)c1. The molecule has 1 unspecified atom stereocenters. The van der Waals surface area contributed by atoms with E-state index in [0.29, 0.717) is 12.0 Å². The summed E-state index contributed by atoms with van der Waals surface area (Å²) >= 11 is 3.03. The summed E-state index contributed by atoms with van der Waals surface area (Å²) in [6, 6.07) is 6.14. The Balaban J connectivity index is 2.95. The molecule has 0 amide bonds. The zero-order chi connectivity index (χ0) is 12.1. The molecule has 0 heterocycles. The molecule has 1 aromatic carbocycles. The molecule has 0 fully saturated rings. The second-order valence-electron chi connectivity index (χ2n) is 3.46. The van der Waals surface area contributed by atoms with Gasteiger partial charge in [-0.1, -0.05) is 6.92 Å². The van der Waals surface area contributed by atoms with Crippen molar-refractivity contribution in [1.82, 2.24) is 0 Å². The number of Topliss-reactive ketones (excluding diaryl/α,β-unsaturated/α-hetero) is 1. The first-order chi connectivity index (χ1) is 7.60. The van der Waals surface area contributed by atoms with Crippen molar-refractivity contribution in [2.75, 3.05) is 0 Å². The molecule has 0 aliphatic heterocycles. The van der Waals surface area contributed by atoms with Crippen LogP contribution in [0, 0.1) is 23.1 Å². The normalized spacial score (nSPS) is 11.9. The minimum absolute atomic E-state index is 0.107. The van der Waals surface area contributed by atoms with Gasteiger partial charge in [-0.25, -0.2) is 4.39 Å². The Bertz CT molecular complexity index is 439. The molecule has 16 heavy (non-hydrogen) atoms. The average Bonchev–Trinajstić information content (AvgIpc) is 2.28. The third-order valence-electron chi connectivity index (χ3n) is 2.41.